The van der Waals surface area contributed by atoms with E-state index < -0.39 is 0 Å². The van der Waals surface area contributed by atoms with E-state index in [-0.39, 0.29) is 17.5 Å². The molecule has 2 heteroatoms. The maximum atomic E-state index is 2.59. The smallest absolute Gasteiger partial charge is 0.248 e. The second-order valence-corrected chi connectivity index (χ2v) is 12.5. The van der Waals surface area contributed by atoms with Crippen LogP contribution in [-0.2, 0) is 10.8 Å². The minimum atomic E-state index is -0.127. The molecule has 9 rings (SSSR count). The lowest BCUT2D eigenvalue weighted by Crippen LogP contribution is -2.68. The molecule has 0 amide bonds. The van der Waals surface area contributed by atoms with Gasteiger partial charge in [0.05, 0.1) is 5.52 Å². The molecular formula is C36H28BN. The van der Waals surface area contributed by atoms with Crippen LogP contribution in [0.3, 0.4) is 0 Å². The number of fused-ring (bicyclic) bond motifs is 4. The summed E-state index contributed by atoms with van der Waals surface area (Å²) in [5, 5.41) is 2.72. The summed E-state index contributed by atoms with van der Waals surface area (Å²) in [5.41, 5.74) is 17.1. The maximum Gasteiger partial charge on any atom is 0.248 e. The molecule has 0 saturated carbocycles. The lowest BCUT2D eigenvalue weighted by Gasteiger charge is -2.49. The zero-order valence-corrected chi connectivity index (χ0v) is 22.3. The quantitative estimate of drug-likeness (QED) is 0.232. The first-order valence-corrected chi connectivity index (χ1v) is 13.8. The summed E-state index contributed by atoms with van der Waals surface area (Å²) >= 11 is 0. The summed E-state index contributed by atoms with van der Waals surface area (Å²) in [6.45, 7) is 10.0. The number of hydrogen-bond acceptors (Lipinski definition) is 0. The van der Waals surface area contributed by atoms with Crippen molar-refractivity contribution in [3.8, 4) is 16.8 Å². The third kappa shape index (κ3) is 2.17. The van der Waals surface area contributed by atoms with Crippen LogP contribution in [0.25, 0.3) is 38.6 Å². The van der Waals surface area contributed by atoms with Gasteiger partial charge in [0.25, 0.3) is 0 Å². The lowest BCUT2D eigenvalue weighted by atomic mass is 9.26. The molecule has 0 N–H and O–H groups in total. The minimum Gasteiger partial charge on any atom is -0.310 e. The Morgan fingerprint density at radius 3 is 2.11 bits per heavy atom. The predicted molar refractivity (Wildman–Crippen MR) is 162 cm³/mol. The van der Waals surface area contributed by atoms with Gasteiger partial charge >= 0.3 is 0 Å². The molecule has 180 valence electrons. The van der Waals surface area contributed by atoms with Crippen molar-refractivity contribution >= 4 is 44.9 Å². The third-order valence-electron chi connectivity index (χ3n) is 10.0. The number of nitrogens with zero attached hydrogens (tertiary/aromatic N) is 1. The summed E-state index contributed by atoms with van der Waals surface area (Å²) in [6.07, 6.45) is 0. The summed E-state index contributed by atoms with van der Waals surface area (Å²) in [4.78, 5) is 0. The van der Waals surface area contributed by atoms with Crippen molar-refractivity contribution in [3.63, 3.8) is 0 Å². The van der Waals surface area contributed by atoms with E-state index in [0.717, 1.165) is 0 Å². The van der Waals surface area contributed by atoms with Crippen molar-refractivity contribution < 1.29 is 0 Å². The molecule has 38 heavy (non-hydrogen) atoms. The third-order valence-corrected chi connectivity index (χ3v) is 10.0. The van der Waals surface area contributed by atoms with Crippen LogP contribution in [0.4, 0.5) is 0 Å². The number of hydrogen-bond donors (Lipinski definition) is 0. The summed E-state index contributed by atoms with van der Waals surface area (Å²) in [6, 6.07) is 36.7. The lowest BCUT2D eigenvalue weighted by molar-refractivity contribution is 0.622. The van der Waals surface area contributed by atoms with Gasteiger partial charge in [0.1, 0.15) is 0 Å². The summed E-state index contributed by atoms with van der Waals surface area (Å²) < 4.78 is 2.59. The molecule has 1 aromatic heterocycles. The monoisotopic (exact) mass is 485 g/mol. The number of benzene rings is 5. The molecule has 0 bridgehead atoms. The van der Waals surface area contributed by atoms with Crippen LogP contribution < -0.4 is 16.4 Å². The molecule has 0 saturated heterocycles. The fraction of sp³-hybridized carbons (Fsp3) is 0.167. The maximum absolute atomic E-state index is 2.59. The van der Waals surface area contributed by atoms with Crippen LogP contribution in [0.15, 0.2) is 97.1 Å². The molecule has 0 unspecified atom stereocenters. The van der Waals surface area contributed by atoms with E-state index in [1.807, 2.05) is 0 Å². The molecule has 0 spiro atoms. The standard InChI is InChI=1S/C36H28BN/c1-35(2)25-14-10-16-29-31(25)37-32-26(35)19-17-22(21-11-6-5-7-12-21)30(32)36(3,4)27-20-18-24-23-13-8-9-15-28(23)38(29)34(24)33(27)37/h5-20H,1-4H3. The van der Waals surface area contributed by atoms with E-state index in [1.54, 1.807) is 5.46 Å². The highest BCUT2D eigenvalue weighted by molar-refractivity contribution is 7.00. The molecule has 5 aromatic carbocycles. The topological polar surface area (TPSA) is 4.93 Å². The Hall–Kier alpha value is -4.04. The van der Waals surface area contributed by atoms with Gasteiger partial charge in [0, 0.05) is 32.8 Å². The average molecular weight is 485 g/mol. The fourth-order valence-electron chi connectivity index (χ4n) is 8.48. The molecule has 4 heterocycles. The number of rotatable bonds is 1. The van der Waals surface area contributed by atoms with Crippen molar-refractivity contribution in [3.05, 3.63) is 119 Å². The molecule has 1 nitrogen and oxygen atoms in total. The Labute approximate surface area is 223 Å². The van der Waals surface area contributed by atoms with E-state index in [0.29, 0.717) is 0 Å². The van der Waals surface area contributed by atoms with Crippen LogP contribution in [0.1, 0.15) is 49.9 Å². The van der Waals surface area contributed by atoms with Gasteiger partial charge in [-0.3, -0.25) is 0 Å². The Morgan fingerprint density at radius 1 is 0.553 bits per heavy atom. The highest BCUT2D eigenvalue weighted by atomic mass is 15.0. The zero-order valence-electron chi connectivity index (χ0n) is 22.3. The molecular weight excluding hydrogens is 457 g/mol. The largest absolute Gasteiger partial charge is 0.310 e. The van der Waals surface area contributed by atoms with Crippen molar-refractivity contribution in [2.45, 2.75) is 38.5 Å². The average Bonchev–Trinajstić information content (AvgIpc) is 3.27. The van der Waals surface area contributed by atoms with E-state index >= 15 is 0 Å². The Balaban J connectivity index is 1.56. The van der Waals surface area contributed by atoms with Crippen molar-refractivity contribution in [1.29, 1.82) is 0 Å². The van der Waals surface area contributed by atoms with Crippen LogP contribution in [0.2, 0.25) is 0 Å². The van der Waals surface area contributed by atoms with Gasteiger partial charge < -0.3 is 4.57 Å². The summed E-state index contributed by atoms with van der Waals surface area (Å²) in [7, 11) is 0. The molecule has 0 fully saturated rings. The van der Waals surface area contributed by atoms with Crippen LogP contribution in [-0.4, -0.2) is 11.3 Å². The van der Waals surface area contributed by atoms with Crippen molar-refractivity contribution in [2.75, 3.05) is 0 Å². The fourth-order valence-corrected chi connectivity index (χ4v) is 8.48. The SMILES string of the molecule is CC1(C)c2cccc3c2B2c4c1ccc(-c1ccccc1)c4C(C)(C)c1ccc4c5ccccc5n-3c4c12. The van der Waals surface area contributed by atoms with E-state index in [2.05, 4.69) is 129 Å². The summed E-state index contributed by atoms with van der Waals surface area (Å²) in [5.74, 6) is 0. The van der Waals surface area contributed by atoms with Gasteiger partial charge in [0.2, 0.25) is 6.71 Å². The van der Waals surface area contributed by atoms with Gasteiger partial charge in [-0.25, -0.2) is 0 Å². The molecule has 3 aliphatic rings. The van der Waals surface area contributed by atoms with Crippen molar-refractivity contribution in [1.82, 2.24) is 4.57 Å². The highest BCUT2D eigenvalue weighted by Gasteiger charge is 2.52. The predicted octanol–water partition coefficient (Wildman–Crippen LogP) is 6.56. The van der Waals surface area contributed by atoms with E-state index in [9.17, 15) is 0 Å². The number of para-hydroxylation sites is 1. The Kier molecular flexibility index (Phi) is 3.59. The van der Waals surface area contributed by atoms with Crippen molar-refractivity contribution in [2.24, 2.45) is 0 Å². The second-order valence-electron chi connectivity index (χ2n) is 12.5. The van der Waals surface area contributed by atoms with Crippen LogP contribution in [0, 0.1) is 0 Å². The minimum absolute atomic E-state index is 0.0803. The molecule has 6 aromatic rings. The van der Waals surface area contributed by atoms with E-state index in [4.69, 9.17) is 0 Å². The first kappa shape index (κ1) is 21.0. The first-order valence-electron chi connectivity index (χ1n) is 13.8. The number of aromatic nitrogens is 1. The van der Waals surface area contributed by atoms with Gasteiger partial charge in [-0.15, -0.1) is 0 Å². The van der Waals surface area contributed by atoms with Gasteiger partial charge in [0.15, 0.2) is 0 Å². The normalized spacial score (nSPS) is 16.8. The van der Waals surface area contributed by atoms with Gasteiger partial charge in [-0.2, -0.15) is 0 Å². The zero-order chi connectivity index (χ0) is 25.6. The Morgan fingerprint density at radius 2 is 1.26 bits per heavy atom. The van der Waals surface area contributed by atoms with Gasteiger partial charge in [-0.1, -0.05) is 118 Å². The van der Waals surface area contributed by atoms with Crippen LogP contribution in [0.5, 0.6) is 0 Å². The molecule has 0 aliphatic carbocycles. The molecule has 0 radical (unpaired) electrons. The van der Waals surface area contributed by atoms with Crippen LogP contribution >= 0.6 is 0 Å². The highest BCUT2D eigenvalue weighted by Crippen LogP contribution is 2.48. The Bertz CT molecular complexity index is 2020. The first-order chi connectivity index (χ1) is 18.4. The van der Waals surface area contributed by atoms with E-state index in [1.165, 1.54) is 71.8 Å². The van der Waals surface area contributed by atoms with Gasteiger partial charge in [-0.05, 0) is 56.4 Å². The second kappa shape index (κ2) is 6.50. The molecule has 3 aliphatic heterocycles. The molecule has 0 atom stereocenters.